The molecule has 0 aromatic rings. The number of carbonyl (C=O) groups excluding carboxylic acids is 1. The van der Waals surface area contributed by atoms with Gasteiger partial charge in [0.15, 0.2) is 0 Å². The Hall–Kier alpha value is -1.89. The van der Waals surface area contributed by atoms with Gasteiger partial charge in [0.2, 0.25) is 5.70 Å². The van der Waals surface area contributed by atoms with Crippen molar-refractivity contribution in [3.63, 3.8) is 0 Å². The molecule has 4 N–H and O–H groups in total. The number of allylic oxidation sites excluding steroid dienone is 3. The Morgan fingerprint density at radius 2 is 2.20 bits per heavy atom. The summed E-state index contributed by atoms with van der Waals surface area (Å²) in [6.45, 7) is 3.00. The largest absolute Gasteiger partial charge is 0.364 e. The molecule has 0 spiro atoms. The van der Waals surface area contributed by atoms with Crippen molar-refractivity contribution in [3.8, 4) is 0 Å². The normalized spacial score (nSPS) is 13.1. The number of nitrogens with zero attached hydrogens (tertiary/aromatic N) is 1. The highest BCUT2D eigenvalue weighted by atomic mass is 16.6. The Labute approximate surface area is 86.4 Å². The number of carbonyl (C=O) groups is 1. The molecule has 0 aliphatic carbocycles. The van der Waals surface area contributed by atoms with Gasteiger partial charge >= 0.3 is 0 Å². The highest BCUT2D eigenvalue weighted by molar-refractivity contribution is 5.91. The van der Waals surface area contributed by atoms with Gasteiger partial charge in [-0.3, -0.25) is 25.6 Å². The number of rotatable bonds is 5. The van der Waals surface area contributed by atoms with Crippen molar-refractivity contribution < 1.29 is 14.9 Å². The fourth-order valence-corrected chi connectivity index (χ4v) is 0.912. The maximum Gasteiger partial charge on any atom is 0.267 e. The Balaban J connectivity index is 5.25. The molecule has 7 heteroatoms. The lowest BCUT2D eigenvalue weighted by atomic mass is 10.1. The van der Waals surface area contributed by atoms with Gasteiger partial charge < -0.3 is 5.73 Å². The Morgan fingerprint density at radius 1 is 1.67 bits per heavy atom. The summed E-state index contributed by atoms with van der Waals surface area (Å²) >= 11 is 0. The van der Waals surface area contributed by atoms with Crippen molar-refractivity contribution in [1.29, 1.82) is 0 Å². The Bertz CT molecular complexity index is 333. The van der Waals surface area contributed by atoms with E-state index in [1.165, 1.54) is 6.92 Å². The first-order valence-corrected chi connectivity index (χ1v) is 4.19. The van der Waals surface area contributed by atoms with E-state index in [9.17, 15) is 14.9 Å². The maximum atomic E-state index is 10.7. The second-order valence-electron chi connectivity index (χ2n) is 2.76. The molecule has 15 heavy (non-hydrogen) atoms. The molecule has 1 amide bonds. The average Bonchev–Trinajstić information content (AvgIpc) is 2.18. The number of primary amides is 1. The lowest BCUT2D eigenvalue weighted by Crippen LogP contribution is -2.24. The molecule has 0 aromatic carbocycles. The van der Waals surface area contributed by atoms with Crippen LogP contribution in [-0.4, -0.2) is 16.0 Å². The number of nitrogens with two attached hydrogens (primary N) is 1. The fraction of sp³-hybridized carbons (Fsp3) is 0.375. The van der Waals surface area contributed by atoms with E-state index >= 15 is 0 Å². The number of nitrogens with one attached hydrogen (secondary N) is 1. The average molecular weight is 215 g/mol. The molecule has 0 aromatic heterocycles. The van der Waals surface area contributed by atoms with Crippen molar-refractivity contribution in [3.05, 3.63) is 33.2 Å². The van der Waals surface area contributed by atoms with Gasteiger partial charge in [0.05, 0.1) is 4.92 Å². The van der Waals surface area contributed by atoms with Crippen molar-refractivity contribution in [1.82, 2.24) is 5.48 Å². The number of hydrogen-bond acceptors (Lipinski definition) is 5. The third-order valence-electron chi connectivity index (χ3n) is 1.82. The summed E-state index contributed by atoms with van der Waals surface area (Å²) in [5, 5.41) is 19.0. The minimum absolute atomic E-state index is 0.0912. The van der Waals surface area contributed by atoms with E-state index < -0.39 is 10.8 Å². The molecule has 0 fully saturated rings. The molecule has 0 rings (SSSR count). The van der Waals surface area contributed by atoms with Gasteiger partial charge in [-0.1, -0.05) is 6.92 Å². The van der Waals surface area contributed by atoms with Crippen LogP contribution in [0.25, 0.3) is 0 Å². The molecule has 0 saturated carbocycles. The monoisotopic (exact) mass is 215 g/mol. The zero-order chi connectivity index (χ0) is 12.0. The molecule has 0 atom stereocenters. The van der Waals surface area contributed by atoms with Crippen LogP contribution in [0.15, 0.2) is 23.0 Å². The van der Waals surface area contributed by atoms with E-state index in [2.05, 4.69) is 0 Å². The smallest absolute Gasteiger partial charge is 0.267 e. The van der Waals surface area contributed by atoms with Crippen LogP contribution in [0.4, 0.5) is 0 Å². The summed E-state index contributed by atoms with van der Waals surface area (Å²) in [4.78, 5) is 20.6. The summed E-state index contributed by atoms with van der Waals surface area (Å²) in [7, 11) is 0. The topological polar surface area (TPSA) is 118 Å². The molecule has 0 aliphatic heterocycles. The molecule has 0 aliphatic rings. The molecule has 0 unspecified atom stereocenters. The SMILES string of the molecule is CCC(/C=C(\NO)C(N)=O)=C(\C)[N+](=O)[O-]. The number of amides is 1. The lowest BCUT2D eigenvalue weighted by Gasteiger charge is -2.02. The minimum Gasteiger partial charge on any atom is -0.364 e. The van der Waals surface area contributed by atoms with E-state index in [1.807, 2.05) is 0 Å². The first-order chi connectivity index (χ1) is 6.93. The highest BCUT2D eigenvalue weighted by Crippen LogP contribution is 2.12. The first kappa shape index (κ1) is 13.1. The van der Waals surface area contributed by atoms with E-state index in [0.717, 1.165) is 6.08 Å². The second kappa shape index (κ2) is 5.76. The first-order valence-electron chi connectivity index (χ1n) is 4.19. The van der Waals surface area contributed by atoms with Crippen LogP contribution in [0.2, 0.25) is 0 Å². The molecule has 0 bridgehead atoms. The fourth-order valence-electron chi connectivity index (χ4n) is 0.912. The number of hydrogen-bond donors (Lipinski definition) is 3. The summed E-state index contributed by atoms with van der Waals surface area (Å²) in [5.74, 6) is -0.889. The predicted molar refractivity (Wildman–Crippen MR) is 52.2 cm³/mol. The van der Waals surface area contributed by atoms with Gasteiger partial charge in [0.25, 0.3) is 5.91 Å². The predicted octanol–water partition coefficient (Wildman–Crippen LogP) is 0.295. The van der Waals surface area contributed by atoms with Crippen molar-refractivity contribution in [2.45, 2.75) is 20.3 Å². The lowest BCUT2D eigenvalue weighted by molar-refractivity contribution is -0.425. The quantitative estimate of drug-likeness (QED) is 0.263. The van der Waals surface area contributed by atoms with Crippen molar-refractivity contribution in [2.75, 3.05) is 0 Å². The number of nitro groups is 1. The third-order valence-corrected chi connectivity index (χ3v) is 1.82. The van der Waals surface area contributed by atoms with Gasteiger partial charge in [-0.05, 0) is 12.5 Å². The van der Waals surface area contributed by atoms with Crippen molar-refractivity contribution >= 4 is 5.91 Å². The van der Waals surface area contributed by atoms with Crippen LogP contribution in [0.1, 0.15) is 20.3 Å². The van der Waals surface area contributed by atoms with Gasteiger partial charge in [-0.15, -0.1) is 0 Å². The van der Waals surface area contributed by atoms with Crippen LogP contribution in [0.5, 0.6) is 0 Å². The highest BCUT2D eigenvalue weighted by Gasteiger charge is 2.11. The van der Waals surface area contributed by atoms with E-state index in [4.69, 9.17) is 10.9 Å². The number of hydroxylamine groups is 1. The zero-order valence-corrected chi connectivity index (χ0v) is 8.48. The Morgan fingerprint density at radius 3 is 2.47 bits per heavy atom. The third kappa shape index (κ3) is 3.77. The maximum absolute atomic E-state index is 10.7. The van der Waals surface area contributed by atoms with Gasteiger partial charge in [-0.2, -0.15) is 0 Å². The molecule has 84 valence electrons. The minimum atomic E-state index is -0.889. The molecule has 0 saturated heterocycles. The Kier molecular flexibility index (Phi) is 5.03. The van der Waals surface area contributed by atoms with E-state index in [1.54, 1.807) is 12.4 Å². The summed E-state index contributed by atoms with van der Waals surface area (Å²) in [6.07, 6.45) is 1.51. The molecule has 0 radical (unpaired) electrons. The van der Waals surface area contributed by atoms with Crippen LogP contribution in [0.3, 0.4) is 0 Å². The molecule has 0 heterocycles. The summed E-state index contributed by atoms with van der Waals surface area (Å²) < 4.78 is 0. The second-order valence-corrected chi connectivity index (χ2v) is 2.76. The van der Waals surface area contributed by atoms with Crippen molar-refractivity contribution in [2.24, 2.45) is 5.73 Å². The van der Waals surface area contributed by atoms with Crippen LogP contribution >= 0.6 is 0 Å². The standard InChI is InChI=1S/C8H13N3O4/c1-3-6(5(2)11(14)15)4-7(10-13)8(9)12/h4,10,13H,3H2,1-2H3,(H2,9,12)/b6-5-,7-4-. The van der Waals surface area contributed by atoms with Gasteiger partial charge in [0.1, 0.15) is 5.70 Å². The van der Waals surface area contributed by atoms with Gasteiger partial charge in [0, 0.05) is 12.5 Å². The zero-order valence-electron chi connectivity index (χ0n) is 8.48. The molecular weight excluding hydrogens is 202 g/mol. The molecule has 7 nitrogen and oxygen atoms in total. The van der Waals surface area contributed by atoms with Crippen LogP contribution in [0, 0.1) is 10.1 Å². The molecular formula is C8H13N3O4. The summed E-state index contributed by atoms with van der Waals surface area (Å²) in [6, 6.07) is 0. The van der Waals surface area contributed by atoms with Crippen LogP contribution in [-0.2, 0) is 4.79 Å². The van der Waals surface area contributed by atoms with E-state index in [-0.39, 0.29) is 11.4 Å². The van der Waals surface area contributed by atoms with E-state index in [0.29, 0.717) is 12.0 Å². The summed E-state index contributed by atoms with van der Waals surface area (Å²) in [5.41, 5.74) is 6.43. The van der Waals surface area contributed by atoms with Gasteiger partial charge in [-0.25, -0.2) is 0 Å². The van der Waals surface area contributed by atoms with Crippen LogP contribution < -0.4 is 11.2 Å².